The molecule has 0 saturated heterocycles. The Kier molecular flexibility index (Phi) is 3.61. The molecule has 0 bridgehead atoms. The van der Waals surface area contributed by atoms with E-state index in [9.17, 15) is 0 Å². The van der Waals surface area contributed by atoms with Crippen LogP contribution in [0.5, 0.6) is 0 Å². The summed E-state index contributed by atoms with van der Waals surface area (Å²) in [7, 11) is 0. The maximum atomic E-state index is 3.54. The molecule has 0 radical (unpaired) electrons. The summed E-state index contributed by atoms with van der Waals surface area (Å²) in [6.07, 6.45) is 0. The molecular formula is C16H27N. The van der Waals surface area contributed by atoms with Crippen LogP contribution in [0.3, 0.4) is 0 Å². The van der Waals surface area contributed by atoms with E-state index in [0.29, 0.717) is 0 Å². The summed E-state index contributed by atoms with van der Waals surface area (Å²) in [5.74, 6) is 0. The van der Waals surface area contributed by atoms with Crippen LogP contribution in [0.2, 0.25) is 0 Å². The summed E-state index contributed by atoms with van der Waals surface area (Å²) in [6, 6.07) is 4.53. The zero-order chi connectivity index (χ0) is 13.4. The van der Waals surface area contributed by atoms with Gasteiger partial charge in [-0.15, -0.1) is 0 Å². The van der Waals surface area contributed by atoms with E-state index in [4.69, 9.17) is 0 Å². The number of aryl methyl sites for hydroxylation is 2. The Bertz CT molecular complexity index is 380. The summed E-state index contributed by atoms with van der Waals surface area (Å²) >= 11 is 0. The van der Waals surface area contributed by atoms with Crippen LogP contribution in [-0.4, -0.2) is 5.54 Å². The van der Waals surface area contributed by atoms with Crippen molar-refractivity contribution in [1.82, 2.24) is 0 Å². The van der Waals surface area contributed by atoms with Gasteiger partial charge in [0.05, 0.1) is 0 Å². The van der Waals surface area contributed by atoms with Crippen molar-refractivity contribution in [2.24, 2.45) is 0 Å². The van der Waals surface area contributed by atoms with Gasteiger partial charge in [0, 0.05) is 11.2 Å². The summed E-state index contributed by atoms with van der Waals surface area (Å²) in [5.41, 5.74) is 5.78. The Morgan fingerprint density at radius 2 is 1.24 bits per heavy atom. The predicted octanol–water partition coefficient (Wildman–Crippen LogP) is 4.81. The molecule has 0 heterocycles. The SMILES string of the molecule is Cc1cc(NC(C)(C)C)cc(C)c1C(C)(C)C. The molecule has 1 aromatic rings. The van der Waals surface area contributed by atoms with E-state index in [1.165, 1.54) is 22.4 Å². The number of benzene rings is 1. The average molecular weight is 233 g/mol. The van der Waals surface area contributed by atoms with Gasteiger partial charge in [-0.2, -0.15) is 0 Å². The summed E-state index contributed by atoms with van der Waals surface area (Å²) < 4.78 is 0. The predicted molar refractivity (Wildman–Crippen MR) is 78.0 cm³/mol. The zero-order valence-corrected chi connectivity index (χ0v) is 12.7. The molecule has 17 heavy (non-hydrogen) atoms. The first-order chi connectivity index (χ1) is 7.50. The lowest BCUT2D eigenvalue weighted by molar-refractivity contribution is 0.581. The van der Waals surface area contributed by atoms with E-state index in [2.05, 4.69) is 72.8 Å². The first-order valence-corrected chi connectivity index (χ1v) is 6.40. The minimum atomic E-state index is 0.113. The van der Waals surface area contributed by atoms with Gasteiger partial charge in [0.15, 0.2) is 0 Å². The van der Waals surface area contributed by atoms with E-state index in [-0.39, 0.29) is 11.0 Å². The van der Waals surface area contributed by atoms with E-state index < -0.39 is 0 Å². The van der Waals surface area contributed by atoms with Gasteiger partial charge in [0.1, 0.15) is 0 Å². The van der Waals surface area contributed by atoms with Gasteiger partial charge < -0.3 is 5.32 Å². The Hall–Kier alpha value is -0.980. The molecule has 0 aliphatic heterocycles. The maximum Gasteiger partial charge on any atom is 0.0349 e. The number of rotatable bonds is 1. The van der Waals surface area contributed by atoms with Crippen molar-refractivity contribution in [3.05, 3.63) is 28.8 Å². The Morgan fingerprint density at radius 1 is 0.824 bits per heavy atom. The highest BCUT2D eigenvalue weighted by Crippen LogP contribution is 2.31. The molecule has 1 nitrogen and oxygen atoms in total. The zero-order valence-electron chi connectivity index (χ0n) is 12.7. The lowest BCUT2D eigenvalue weighted by Gasteiger charge is -2.27. The van der Waals surface area contributed by atoms with Crippen LogP contribution in [0.15, 0.2) is 12.1 Å². The number of anilines is 1. The van der Waals surface area contributed by atoms with Gasteiger partial charge in [-0.3, -0.25) is 0 Å². The minimum Gasteiger partial charge on any atom is -0.380 e. The summed E-state index contributed by atoms with van der Waals surface area (Å²) in [4.78, 5) is 0. The monoisotopic (exact) mass is 233 g/mol. The van der Waals surface area contributed by atoms with Gasteiger partial charge in [-0.25, -0.2) is 0 Å². The molecule has 0 amide bonds. The third-order valence-corrected chi connectivity index (χ3v) is 2.80. The molecule has 1 heteroatoms. The molecule has 1 rings (SSSR count). The standard InChI is InChI=1S/C16H27N/c1-11-9-13(17-16(6,7)8)10-12(2)14(11)15(3,4)5/h9-10,17H,1-8H3. The highest BCUT2D eigenvalue weighted by molar-refractivity contribution is 5.54. The largest absolute Gasteiger partial charge is 0.380 e. The molecule has 0 aromatic heterocycles. The Morgan fingerprint density at radius 3 is 1.53 bits per heavy atom. The highest BCUT2D eigenvalue weighted by Gasteiger charge is 2.20. The fourth-order valence-electron chi connectivity index (χ4n) is 2.65. The van der Waals surface area contributed by atoms with Crippen molar-refractivity contribution >= 4 is 5.69 Å². The topological polar surface area (TPSA) is 12.0 Å². The lowest BCUT2D eigenvalue weighted by Crippen LogP contribution is -2.26. The molecule has 0 atom stereocenters. The van der Waals surface area contributed by atoms with E-state index in [1.807, 2.05) is 0 Å². The second kappa shape index (κ2) is 4.36. The maximum absolute atomic E-state index is 3.54. The van der Waals surface area contributed by atoms with Crippen molar-refractivity contribution in [2.75, 3.05) is 5.32 Å². The summed E-state index contributed by atoms with van der Waals surface area (Å²) in [5, 5.41) is 3.54. The highest BCUT2D eigenvalue weighted by atomic mass is 14.9. The second-order valence-corrected chi connectivity index (χ2v) is 7.11. The molecule has 0 spiro atoms. The van der Waals surface area contributed by atoms with Crippen LogP contribution in [-0.2, 0) is 5.41 Å². The molecule has 1 N–H and O–H groups in total. The van der Waals surface area contributed by atoms with E-state index in [1.54, 1.807) is 0 Å². The van der Waals surface area contributed by atoms with Gasteiger partial charge in [-0.05, 0) is 68.9 Å². The van der Waals surface area contributed by atoms with Crippen molar-refractivity contribution in [2.45, 2.75) is 66.3 Å². The average Bonchev–Trinajstić information content (AvgIpc) is 1.94. The van der Waals surface area contributed by atoms with Crippen LogP contribution in [0.1, 0.15) is 58.2 Å². The number of hydrogen-bond donors (Lipinski definition) is 1. The third-order valence-electron chi connectivity index (χ3n) is 2.80. The van der Waals surface area contributed by atoms with Crippen LogP contribution < -0.4 is 5.32 Å². The lowest BCUT2D eigenvalue weighted by atomic mass is 9.81. The van der Waals surface area contributed by atoms with Crippen molar-refractivity contribution < 1.29 is 0 Å². The van der Waals surface area contributed by atoms with E-state index in [0.717, 1.165) is 0 Å². The van der Waals surface area contributed by atoms with Gasteiger partial charge in [0.25, 0.3) is 0 Å². The molecule has 0 unspecified atom stereocenters. The Labute approximate surface area is 107 Å². The molecule has 0 aliphatic carbocycles. The van der Waals surface area contributed by atoms with Crippen molar-refractivity contribution in [1.29, 1.82) is 0 Å². The fourth-order valence-corrected chi connectivity index (χ4v) is 2.65. The minimum absolute atomic E-state index is 0.113. The summed E-state index contributed by atoms with van der Waals surface area (Å²) in [6.45, 7) is 17.8. The fraction of sp³-hybridized carbons (Fsp3) is 0.625. The molecule has 96 valence electrons. The molecule has 0 aliphatic rings. The Balaban J connectivity index is 3.19. The van der Waals surface area contributed by atoms with Crippen molar-refractivity contribution in [3.8, 4) is 0 Å². The van der Waals surface area contributed by atoms with Crippen LogP contribution in [0.25, 0.3) is 0 Å². The van der Waals surface area contributed by atoms with Gasteiger partial charge >= 0.3 is 0 Å². The van der Waals surface area contributed by atoms with Crippen LogP contribution in [0, 0.1) is 13.8 Å². The molecule has 0 fully saturated rings. The third kappa shape index (κ3) is 3.76. The number of nitrogens with one attached hydrogen (secondary N) is 1. The molecule has 0 saturated carbocycles. The smallest absolute Gasteiger partial charge is 0.0349 e. The first-order valence-electron chi connectivity index (χ1n) is 6.40. The number of hydrogen-bond acceptors (Lipinski definition) is 1. The van der Waals surface area contributed by atoms with E-state index >= 15 is 0 Å². The first kappa shape index (κ1) is 14.1. The molecular weight excluding hydrogens is 206 g/mol. The molecule has 1 aromatic carbocycles. The second-order valence-electron chi connectivity index (χ2n) is 7.11. The van der Waals surface area contributed by atoms with Crippen LogP contribution in [0.4, 0.5) is 5.69 Å². The van der Waals surface area contributed by atoms with Gasteiger partial charge in [0.2, 0.25) is 0 Å². The quantitative estimate of drug-likeness (QED) is 0.734. The van der Waals surface area contributed by atoms with Crippen LogP contribution >= 0.6 is 0 Å². The van der Waals surface area contributed by atoms with Gasteiger partial charge in [-0.1, -0.05) is 20.8 Å². The van der Waals surface area contributed by atoms with Crippen molar-refractivity contribution in [3.63, 3.8) is 0 Å². The normalized spacial score (nSPS) is 12.7.